The second kappa shape index (κ2) is 7.34. The molecule has 0 radical (unpaired) electrons. The number of nitrogens with zero attached hydrogens (tertiary/aromatic N) is 2. The van der Waals surface area contributed by atoms with Crippen LogP contribution in [0, 0.1) is 6.92 Å². The molecule has 27 heavy (non-hydrogen) atoms. The molecule has 2 aromatic heterocycles. The topological polar surface area (TPSA) is 87.0 Å². The molecule has 0 saturated carbocycles. The van der Waals surface area contributed by atoms with Gasteiger partial charge in [-0.05, 0) is 47.9 Å². The normalized spacial score (nSPS) is 11.0. The highest BCUT2D eigenvalue weighted by Gasteiger charge is 2.09. The van der Waals surface area contributed by atoms with Crippen molar-refractivity contribution in [3.8, 4) is 16.9 Å². The molecule has 0 unspecified atom stereocenters. The number of benzene rings is 2. The van der Waals surface area contributed by atoms with E-state index < -0.39 is 0 Å². The molecule has 136 valence electrons. The van der Waals surface area contributed by atoms with E-state index in [9.17, 15) is 0 Å². The molecule has 0 atom stereocenters. The highest BCUT2D eigenvalue weighted by atomic mass is 32.1. The van der Waals surface area contributed by atoms with Crippen LogP contribution in [0.15, 0.2) is 53.4 Å². The summed E-state index contributed by atoms with van der Waals surface area (Å²) in [5.41, 5.74) is 19.7. The fourth-order valence-corrected chi connectivity index (χ4v) is 3.67. The number of ether oxygens (including phenoxy) is 1. The van der Waals surface area contributed by atoms with Gasteiger partial charge in [0.15, 0.2) is 0 Å². The quantitative estimate of drug-likeness (QED) is 0.543. The molecule has 5 nitrogen and oxygen atoms in total. The van der Waals surface area contributed by atoms with Gasteiger partial charge >= 0.3 is 0 Å². The molecule has 0 fully saturated rings. The first-order chi connectivity index (χ1) is 13.1. The molecule has 4 aromatic rings. The Morgan fingerprint density at radius 1 is 1.07 bits per heavy atom. The van der Waals surface area contributed by atoms with Crippen LogP contribution in [-0.2, 0) is 13.2 Å². The minimum atomic E-state index is 0.401. The van der Waals surface area contributed by atoms with Crippen LogP contribution in [0.2, 0.25) is 0 Å². The van der Waals surface area contributed by atoms with E-state index >= 15 is 0 Å². The third-order valence-corrected chi connectivity index (χ3v) is 5.14. The van der Waals surface area contributed by atoms with E-state index in [1.54, 1.807) is 16.8 Å². The van der Waals surface area contributed by atoms with Crippen LogP contribution in [0.25, 0.3) is 22.0 Å². The van der Waals surface area contributed by atoms with Crippen LogP contribution in [-0.4, -0.2) is 9.97 Å². The lowest BCUT2D eigenvalue weighted by Crippen LogP contribution is -2.03. The number of nitrogen functional groups attached to an aromatic ring is 1. The number of fused-ring (bicyclic) bond motifs is 1. The third kappa shape index (κ3) is 3.63. The van der Waals surface area contributed by atoms with Crippen LogP contribution in [0.5, 0.6) is 5.75 Å². The Morgan fingerprint density at radius 3 is 2.67 bits per heavy atom. The summed E-state index contributed by atoms with van der Waals surface area (Å²) in [5.74, 6) is 1.32. The summed E-state index contributed by atoms with van der Waals surface area (Å²) in [4.78, 5) is 8.70. The van der Waals surface area contributed by atoms with Crippen LogP contribution < -0.4 is 16.2 Å². The Hall–Kier alpha value is -2.96. The zero-order valence-electron chi connectivity index (χ0n) is 15.0. The summed E-state index contributed by atoms with van der Waals surface area (Å²) in [6.45, 7) is 2.88. The molecule has 6 heteroatoms. The highest BCUT2D eigenvalue weighted by Crippen LogP contribution is 2.30. The molecular formula is C21H20N4OS. The molecule has 0 bridgehead atoms. The van der Waals surface area contributed by atoms with Crippen molar-refractivity contribution in [1.82, 2.24) is 9.97 Å². The molecule has 0 amide bonds. The van der Waals surface area contributed by atoms with Crippen LogP contribution >= 0.6 is 11.3 Å². The summed E-state index contributed by atoms with van der Waals surface area (Å²) < 4.78 is 5.90. The van der Waals surface area contributed by atoms with Crippen molar-refractivity contribution in [2.24, 2.45) is 5.73 Å². The van der Waals surface area contributed by atoms with E-state index in [-0.39, 0.29) is 0 Å². The molecule has 0 aliphatic heterocycles. The predicted molar refractivity (Wildman–Crippen MR) is 111 cm³/mol. The lowest BCUT2D eigenvalue weighted by Gasteiger charge is -2.12. The Bertz CT molecular complexity index is 1090. The molecular weight excluding hydrogens is 356 g/mol. The summed E-state index contributed by atoms with van der Waals surface area (Å²) in [7, 11) is 0. The standard InChI is InChI=1S/C21H20N4OS/c1-13-6-21(23)25-19-8-15(2-4-18(13)19)14-3-5-20(16(7-14)9-22)26-10-17-11-27-12-24-17/h2-8,11-12H,9-10,22H2,1H3,(H2,23,25). The predicted octanol–water partition coefficient (Wildman–Crippen LogP) is 4.29. The maximum Gasteiger partial charge on any atom is 0.131 e. The SMILES string of the molecule is Cc1cc(N)nc2cc(-c3ccc(OCc4cscn4)c(CN)c3)ccc12. The van der Waals surface area contributed by atoms with Crippen molar-refractivity contribution in [2.45, 2.75) is 20.1 Å². The van der Waals surface area contributed by atoms with Crippen molar-refractivity contribution < 1.29 is 4.74 Å². The second-order valence-corrected chi connectivity index (χ2v) is 7.11. The molecule has 0 aliphatic rings. The van der Waals surface area contributed by atoms with E-state index in [1.807, 2.05) is 30.5 Å². The summed E-state index contributed by atoms with van der Waals surface area (Å²) in [6.07, 6.45) is 0. The fraction of sp³-hybridized carbons (Fsp3) is 0.143. The molecule has 4 N–H and O–H groups in total. The van der Waals surface area contributed by atoms with Gasteiger partial charge in [-0.2, -0.15) is 0 Å². The van der Waals surface area contributed by atoms with Gasteiger partial charge < -0.3 is 16.2 Å². The second-order valence-electron chi connectivity index (χ2n) is 6.39. The van der Waals surface area contributed by atoms with Crippen molar-refractivity contribution in [3.63, 3.8) is 0 Å². The van der Waals surface area contributed by atoms with E-state index in [0.717, 1.165) is 44.6 Å². The number of nitrogens with two attached hydrogens (primary N) is 2. The number of hydrogen-bond donors (Lipinski definition) is 2. The van der Waals surface area contributed by atoms with Gasteiger partial charge in [0.25, 0.3) is 0 Å². The van der Waals surface area contributed by atoms with Crippen molar-refractivity contribution >= 4 is 28.1 Å². The number of rotatable bonds is 5. The van der Waals surface area contributed by atoms with E-state index in [2.05, 4.69) is 34.2 Å². The van der Waals surface area contributed by atoms with Gasteiger partial charge in [0.2, 0.25) is 0 Å². The molecule has 0 saturated heterocycles. The lowest BCUT2D eigenvalue weighted by molar-refractivity contribution is 0.299. The largest absolute Gasteiger partial charge is 0.487 e. The smallest absolute Gasteiger partial charge is 0.131 e. The van der Waals surface area contributed by atoms with Gasteiger partial charge in [0, 0.05) is 22.9 Å². The van der Waals surface area contributed by atoms with Gasteiger partial charge in [-0.1, -0.05) is 18.2 Å². The van der Waals surface area contributed by atoms with Crippen molar-refractivity contribution in [2.75, 3.05) is 5.73 Å². The van der Waals surface area contributed by atoms with Crippen molar-refractivity contribution in [1.29, 1.82) is 0 Å². The number of anilines is 1. The summed E-state index contributed by atoms with van der Waals surface area (Å²) >= 11 is 1.56. The third-order valence-electron chi connectivity index (χ3n) is 4.51. The number of hydrogen-bond acceptors (Lipinski definition) is 6. The number of aryl methyl sites for hydroxylation is 1. The summed E-state index contributed by atoms with van der Waals surface area (Å²) in [5, 5.41) is 3.09. The molecule has 2 heterocycles. The Morgan fingerprint density at radius 2 is 1.89 bits per heavy atom. The first-order valence-corrected chi connectivity index (χ1v) is 9.58. The number of aromatic nitrogens is 2. The Labute approximate surface area is 161 Å². The van der Waals surface area contributed by atoms with E-state index in [0.29, 0.717) is 19.0 Å². The Kier molecular flexibility index (Phi) is 4.75. The number of pyridine rings is 1. The summed E-state index contributed by atoms with van der Waals surface area (Å²) in [6, 6.07) is 14.2. The highest BCUT2D eigenvalue weighted by molar-refractivity contribution is 7.07. The van der Waals surface area contributed by atoms with Gasteiger partial charge in [-0.25, -0.2) is 9.97 Å². The van der Waals surface area contributed by atoms with E-state index in [4.69, 9.17) is 16.2 Å². The van der Waals surface area contributed by atoms with Crippen LogP contribution in [0.4, 0.5) is 5.82 Å². The van der Waals surface area contributed by atoms with E-state index in [1.165, 1.54) is 0 Å². The average Bonchev–Trinajstić information content (AvgIpc) is 3.19. The van der Waals surface area contributed by atoms with Gasteiger partial charge in [-0.15, -0.1) is 11.3 Å². The van der Waals surface area contributed by atoms with Gasteiger partial charge in [0.05, 0.1) is 16.7 Å². The minimum Gasteiger partial charge on any atom is -0.487 e. The monoisotopic (exact) mass is 376 g/mol. The fourth-order valence-electron chi connectivity index (χ4n) is 3.13. The minimum absolute atomic E-state index is 0.401. The average molecular weight is 376 g/mol. The van der Waals surface area contributed by atoms with Crippen LogP contribution in [0.3, 0.4) is 0 Å². The van der Waals surface area contributed by atoms with Gasteiger partial charge in [-0.3, -0.25) is 0 Å². The first-order valence-electron chi connectivity index (χ1n) is 8.64. The zero-order chi connectivity index (χ0) is 18.8. The maximum atomic E-state index is 5.95. The van der Waals surface area contributed by atoms with Gasteiger partial charge in [0.1, 0.15) is 18.2 Å². The maximum absolute atomic E-state index is 5.95. The lowest BCUT2D eigenvalue weighted by atomic mass is 9.99. The number of thiazole rings is 1. The molecule has 4 rings (SSSR count). The first kappa shape index (κ1) is 17.5. The molecule has 0 aliphatic carbocycles. The molecule has 0 spiro atoms. The van der Waals surface area contributed by atoms with Crippen LogP contribution in [0.1, 0.15) is 16.8 Å². The van der Waals surface area contributed by atoms with Crippen molar-refractivity contribution in [3.05, 3.63) is 70.2 Å². The molecule has 2 aromatic carbocycles. The Balaban J connectivity index is 1.66. The zero-order valence-corrected chi connectivity index (χ0v) is 15.8.